The van der Waals surface area contributed by atoms with Gasteiger partial charge in [0.15, 0.2) is 0 Å². The molecule has 122 valence electrons. The molecule has 6 heteroatoms. The Hall–Kier alpha value is -2.37. The standard InChI is InChI=1S/C17H20N2O4/c20-14(9-18-16(21)11-5-2-1-3-6-11)19-10-12-7-4-8-13(12)15(19)17(22)23/h1-3,5-6,12-13,15H,4,7-10H2,(H,18,21)(H,22,23). The van der Waals surface area contributed by atoms with Gasteiger partial charge in [-0.25, -0.2) is 4.79 Å². The Bertz CT molecular complexity index is 616. The van der Waals surface area contributed by atoms with Crippen molar-refractivity contribution in [3.63, 3.8) is 0 Å². The minimum absolute atomic E-state index is 0.0567. The Morgan fingerprint density at radius 1 is 1.17 bits per heavy atom. The van der Waals surface area contributed by atoms with Gasteiger partial charge in [0.1, 0.15) is 6.04 Å². The number of hydrogen-bond donors (Lipinski definition) is 2. The van der Waals surface area contributed by atoms with Crippen LogP contribution in [0.5, 0.6) is 0 Å². The van der Waals surface area contributed by atoms with Gasteiger partial charge in [0.2, 0.25) is 5.91 Å². The number of amides is 2. The molecule has 1 aromatic carbocycles. The third-order valence-corrected chi connectivity index (χ3v) is 4.90. The highest BCUT2D eigenvalue weighted by atomic mass is 16.4. The van der Waals surface area contributed by atoms with E-state index in [4.69, 9.17) is 0 Å². The fourth-order valence-corrected chi connectivity index (χ4v) is 3.83. The van der Waals surface area contributed by atoms with Crippen LogP contribution in [0.1, 0.15) is 29.6 Å². The maximum atomic E-state index is 12.4. The Labute approximate surface area is 134 Å². The van der Waals surface area contributed by atoms with Crippen molar-refractivity contribution in [2.24, 2.45) is 11.8 Å². The molecule has 1 heterocycles. The van der Waals surface area contributed by atoms with Crippen LogP contribution in [0.15, 0.2) is 30.3 Å². The zero-order valence-corrected chi connectivity index (χ0v) is 12.8. The fourth-order valence-electron chi connectivity index (χ4n) is 3.83. The van der Waals surface area contributed by atoms with Crippen LogP contribution in [-0.4, -0.2) is 46.9 Å². The summed E-state index contributed by atoms with van der Waals surface area (Å²) in [5.74, 6) is -1.26. The van der Waals surface area contributed by atoms with Crippen molar-refractivity contribution in [1.29, 1.82) is 0 Å². The van der Waals surface area contributed by atoms with Gasteiger partial charge in [0, 0.05) is 12.1 Å². The summed E-state index contributed by atoms with van der Waals surface area (Å²) in [7, 11) is 0. The largest absolute Gasteiger partial charge is 0.480 e. The molecule has 1 aromatic rings. The number of carbonyl (C=O) groups is 3. The fraction of sp³-hybridized carbons (Fsp3) is 0.471. The Balaban J connectivity index is 1.62. The van der Waals surface area contributed by atoms with Crippen LogP contribution in [0, 0.1) is 11.8 Å². The molecule has 0 aromatic heterocycles. The molecule has 1 aliphatic heterocycles. The monoisotopic (exact) mass is 316 g/mol. The Kier molecular flexibility index (Phi) is 4.32. The number of nitrogens with zero attached hydrogens (tertiary/aromatic N) is 1. The van der Waals surface area contributed by atoms with Crippen LogP contribution >= 0.6 is 0 Å². The van der Waals surface area contributed by atoms with E-state index in [2.05, 4.69) is 5.32 Å². The predicted molar refractivity (Wildman–Crippen MR) is 82.7 cm³/mol. The molecule has 23 heavy (non-hydrogen) atoms. The molecule has 0 bridgehead atoms. The highest BCUT2D eigenvalue weighted by Crippen LogP contribution is 2.42. The lowest BCUT2D eigenvalue weighted by atomic mass is 9.94. The highest BCUT2D eigenvalue weighted by molar-refractivity contribution is 5.97. The summed E-state index contributed by atoms with van der Waals surface area (Å²) in [6.07, 6.45) is 2.88. The minimum Gasteiger partial charge on any atom is -0.480 e. The first-order valence-corrected chi connectivity index (χ1v) is 7.93. The number of hydrogen-bond acceptors (Lipinski definition) is 3. The van der Waals surface area contributed by atoms with Crippen molar-refractivity contribution >= 4 is 17.8 Å². The molecular weight excluding hydrogens is 296 g/mol. The van der Waals surface area contributed by atoms with Gasteiger partial charge in [-0.2, -0.15) is 0 Å². The van der Waals surface area contributed by atoms with Crippen molar-refractivity contribution in [3.05, 3.63) is 35.9 Å². The van der Waals surface area contributed by atoms with Crippen molar-refractivity contribution in [3.8, 4) is 0 Å². The summed E-state index contributed by atoms with van der Waals surface area (Å²) in [6, 6.07) is 7.89. The average molecular weight is 316 g/mol. The molecule has 2 N–H and O–H groups in total. The molecule has 2 fully saturated rings. The van der Waals surface area contributed by atoms with Gasteiger partial charge in [-0.15, -0.1) is 0 Å². The molecule has 0 spiro atoms. The van der Waals surface area contributed by atoms with Gasteiger partial charge in [0.05, 0.1) is 6.54 Å². The van der Waals surface area contributed by atoms with Crippen LogP contribution in [-0.2, 0) is 9.59 Å². The van der Waals surface area contributed by atoms with Gasteiger partial charge in [0.25, 0.3) is 5.91 Å². The molecule has 0 radical (unpaired) electrons. The lowest BCUT2D eigenvalue weighted by molar-refractivity contribution is -0.149. The maximum absolute atomic E-state index is 12.4. The number of carboxylic acids is 1. The molecule has 3 rings (SSSR count). The first-order chi connectivity index (χ1) is 11.1. The quantitative estimate of drug-likeness (QED) is 0.872. The summed E-state index contributed by atoms with van der Waals surface area (Å²) in [5.41, 5.74) is 0.480. The normalized spacial score (nSPS) is 25.9. The molecule has 2 amide bonds. The highest BCUT2D eigenvalue weighted by Gasteiger charge is 2.49. The molecular formula is C17H20N2O4. The van der Waals surface area contributed by atoms with Crippen LogP contribution in [0.4, 0.5) is 0 Å². The number of rotatable bonds is 4. The van der Waals surface area contributed by atoms with E-state index >= 15 is 0 Å². The van der Waals surface area contributed by atoms with Gasteiger partial charge in [-0.1, -0.05) is 24.6 Å². The van der Waals surface area contributed by atoms with Crippen LogP contribution in [0.2, 0.25) is 0 Å². The second kappa shape index (κ2) is 6.40. The molecule has 2 aliphatic rings. The molecule has 6 nitrogen and oxygen atoms in total. The summed E-state index contributed by atoms with van der Waals surface area (Å²) >= 11 is 0. The van der Waals surface area contributed by atoms with Gasteiger partial charge in [-0.05, 0) is 36.8 Å². The maximum Gasteiger partial charge on any atom is 0.326 e. The van der Waals surface area contributed by atoms with E-state index in [9.17, 15) is 19.5 Å². The summed E-state index contributed by atoms with van der Waals surface area (Å²) in [6.45, 7) is 0.318. The van der Waals surface area contributed by atoms with Crippen molar-refractivity contribution in [2.45, 2.75) is 25.3 Å². The molecule has 1 saturated carbocycles. The van der Waals surface area contributed by atoms with E-state index in [1.165, 1.54) is 4.90 Å². The Morgan fingerprint density at radius 2 is 1.91 bits per heavy atom. The molecule has 1 saturated heterocycles. The van der Waals surface area contributed by atoms with Crippen LogP contribution < -0.4 is 5.32 Å². The predicted octanol–water partition coefficient (Wildman–Crippen LogP) is 1.13. The molecule has 3 atom stereocenters. The van der Waals surface area contributed by atoms with Crippen LogP contribution in [0.25, 0.3) is 0 Å². The number of nitrogens with one attached hydrogen (secondary N) is 1. The van der Waals surface area contributed by atoms with Crippen LogP contribution in [0.3, 0.4) is 0 Å². The second-order valence-corrected chi connectivity index (χ2v) is 6.23. The number of benzene rings is 1. The van der Waals surface area contributed by atoms with Gasteiger partial charge >= 0.3 is 5.97 Å². The van der Waals surface area contributed by atoms with Gasteiger partial charge in [-0.3, -0.25) is 9.59 Å². The van der Waals surface area contributed by atoms with E-state index in [-0.39, 0.29) is 30.2 Å². The zero-order valence-electron chi connectivity index (χ0n) is 12.8. The van der Waals surface area contributed by atoms with Crippen molar-refractivity contribution in [1.82, 2.24) is 10.2 Å². The van der Waals surface area contributed by atoms with Gasteiger partial charge < -0.3 is 15.3 Å². The van der Waals surface area contributed by atoms with Crippen molar-refractivity contribution in [2.75, 3.05) is 13.1 Å². The summed E-state index contributed by atoms with van der Waals surface area (Å²) in [4.78, 5) is 37.3. The average Bonchev–Trinajstić information content (AvgIpc) is 3.13. The lowest BCUT2D eigenvalue weighted by Gasteiger charge is -2.24. The van der Waals surface area contributed by atoms with E-state index < -0.39 is 12.0 Å². The lowest BCUT2D eigenvalue weighted by Crippen LogP contribution is -2.47. The first-order valence-electron chi connectivity index (χ1n) is 7.93. The third-order valence-electron chi connectivity index (χ3n) is 4.90. The molecule has 1 aliphatic carbocycles. The topological polar surface area (TPSA) is 86.7 Å². The number of aliphatic carboxylic acids is 1. The zero-order chi connectivity index (χ0) is 16.4. The smallest absolute Gasteiger partial charge is 0.326 e. The molecule has 3 unspecified atom stereocenters. The van der Waals surface area contributed by atoms with E-state index in [1.54, 1.807) is 24.3 Å². The first kappa shape index (κ1) is 15.5. The minimum atomic E-state index is -0.942. The Morgan fingerprint density at radius 3 is 2.61 bits per heavy atom. The SMILES string of the molecule is O=C(NCC(=O)N1CC2CCCC2C1C(=O)O)c1ccccc1. The second-order valence-electron chi connectivity index (χ2n) is 6.23. The number of carboxylic acid groups (broad SMARTS) is 1. The number of carbonyl (C=O) groups excluding carboxylic acids is 2. The third kappa shape index (κ3) is 3.06. The number of fused-ring (bicyclic) bond motifs is 1. The van der Waals surface area contributed by atoms with E-state index in [0.717, 1.165) is 19.3 Å². The summed E-state index contributed by atoms with van der Waals surface area (Å²) in [5, 5.41) is 12.0. The summed E-state index contributed by atoms with van der Waals surface area (Å²) < 4.78 is 0. The van der Waals surface area contributed by atoms with E-state index in [0.29, 0.717) is 12.1 Å². The number of likely N-dealkylation sites (tertiary alicyclic amines) is 1. The van der Waals surface area contributed by atoms with E-state index in [1.807, 2.05) is 6.07 Å². The van der Waals surface area contributed by atoms with Crippen molar-refractivity contribution < 1.29 is 19.5 Å².